The summed E-state index contributed by atoms with van der Waals surface area (Å²) >= 11 is 2.87. The minimum absolute atomic E-state index is 0.0742. The van der Waals surface area contributed by atoms with Gasteiger partial charge in [0.2, 0.25) is 11.1 Å². The summed E-state index contributed by atoms with van der Waals surface area (Å²) in [6, 6.07) is 6.12. The van der Waals surface area contributed by atoms with E-state index in [0.29, 0.717) is 22.0 Å². The number of nitrogens with zero attached hydrogens (tertiary/aromatic N) is 7. The van der Waals surface area contributed by atoms with Gasteiger partial charge in [-0.25, -0.2) is 14.3 Å². The molecule has 3 aromatic heterocycles. The number of nitrogen functional groups attached to an aromatic ring is 1. The number of nitrogens with two attached hydrogens (primary N) is 1. The average molecular weight is 483 g/mol. The van der Waals surface area contributed by atoms with Crippen molar-refractivity contribution in [3.8, 4) is 5.95 Å². The van der Waals surface area contributed by atoms with E-state index in [4.69, 9.17) is 10.8 Å². The quantitative estimate of drug-likeness (QED) is 0.325. The summed E-state index contributed by atoms with van der Waals surface area (Å²) in [5.74, 6) is 7.15. The summed E-state index contributed by atoms with van der Waals surface area (Å²) < 4.78 is 3.10. The van der Waals surface area contributed by atoms with Crippen molar-refractivity contribution >= 4 is 39.8 Å². The number of thiazole rings is 1. The number of aromatic nitrogens is 6. The van der Waals surface area contributed by atoms with Crippen LogP contribution in [0, 0.1) is 34.6 Å². The Balaban J connectivity index is 1.55. The lowest BCUT2D eigenvalue weighted by Gasteiger charge is -2.23. The van der Waals surface area contributed by atoms with E-state index in [1.807, 2.05) is 39.1 Å². The maximum atomic E-state index is 12.6. The van der Waals surface area contributed by atoms with Crippen molar-refractivity contribution in [3.05, 3.63) is 57.4 Å². The van der Waals surface area contributed by atoms with Crippen molar-refractivity contribution in [3.63, 3.8) is 0 Å². The van der Waals surface area contributed by atoms with Crippen molar-refractivity contribution in [2.45, 2.75) is 52.5 Å². The van der Waals surface area contributed by atoms with Crippen LogP contribution in [0.1, 0.15) is 40.7 Å². The fourth-order valence-electron chi connectivity index (χ4n) is 3.86. The zero-order valence-corrected chi connectivity index (χ0v) is 21.1. The molecule has 1 aromatic carbocycles. The van der Waals surface area contributed by atoms with Gasteiger partial charge in [-0.1, -0.05) is 29.5 Å². The summed E-state index contributed by atoms with van der Waals surface area (Å²) in [6.45, 7) is 11.5. The lowest BCUT2D eigenvalue weighted by molar-refractivity contribution is -0.115. The molecule has 0 bridgehead atoms. The molecule has 33 heavy (non-hydrogen) atoms. The number of carbonyl (C=O) groups is 1. The lowest BCUT2D eigenvalue weighted by atomic mass is 10.0. The van der Waals surface area contributed by atoms with E-state index in [-0.39, 0.29) is 5.91 Å². The minimum Gasteiger partial charge on any atom is -0.334 e. The topological polar surface area (TPSA) is 108 Å². The fraction of sp³-hybridized carbons (Fsp3) is 0.318. The van der Waals surface area contributed by atoms with Gasteiger partial charge in [0.15, 0.2) is 5.13 Å². The summed E-state index contributed by atoms with van der Waals surface area (Å²) in [4.78, 5) is 19.0. The number of hydrogen-bond acceptors (Lipinski definition) is 8. The minimum atomic E-state index is -0.0742. The monoisotopic (exact) mass is 482 g/mol. The van der Waals surface area contributed by atoms with E-state index in [9.17, 15) is 4.79 Å². The van der Waals surface area contributed by atoms with Gasteiger partial charge in [-0.3, -0.25) is 9.69 Å². The Morgan fingerprint density at radius 1 is 1.12 bits per heavy atom. The Kier molecular flexibility index (Phi) is 6.26. The standard InChI is InChI=1S/C22H26N8OS2/c1-12-7-13(2)19(14(3)8-12)28(17(6)31)21-24-18(10-32-21)11-33-22-26-25-20(29(22)23)30-16(5)9-15(4)27-30/h7-10H,11,23H2,1-6H3. The Morgan fingerprint density at radius 2 is 1.82 bits per heavy atom. The summed E-state index contributed by atoms with van der Waals surface area (Å²) in [5.41, 5.74) is 6.79. The van der Waals surface area contributed by atoms with Crippen LogP contribution in [0.3, 0.4) is 0 Å². The van der Waals surface area contributed by atoms with Crippen LogP contribution in [0.4, 0.5) is 10.8 Å². The van der Waals surface area contributed by atoms with Crippen molar-refractivity contribution in [1.82, 2.24) is 29.6 Å². The maximum absolute atomic E-state index is 12.6. The Morgan fingerprint density at radius 3 is 2.42 bits per heavy atom. The number of aryl methyl sites for hydroxylation is 5. The van der Waals surface area contributed by atoms with Gasteiger partial charge in [0, 0.05) is 23.8 Å². The van der Waals surface area contributed by atoms with Gasteiger partial charge < -0.3 is 5.84 Å². The van der Waals surface area contributed by atoms with Crippen LogP contribution < -0.4 is 10.7 Å². The van der Waals surface area contributed by atoms with E-state index in [0.717, 1.165) is 33.9 Å². The second kappa shape index (κ2) is 8.99. The first-order valence-electron chi connectivity index (χ1n) is 10.4. The molecular weight excluding hydrogens is 456 g/mol. The molecule has 0 saturated heterocycles. The first-order chi connectivity index (χ1) is 15.7. The predicted molar refractivity (Wildman–Crippen MR) is 132 cm³/mol. The lowest BCUT2D eigenvalue weighted by Crippen LogP contribution is -2.24. The Hall–Kier alpha value is -3.18. The second-order valence-corrected chi connectivity index (χ2v) is 9.78. The first kappa shape index (κ1) is 23.0. The summed E-state index contributed by atoms with van der Waals surface area (Å²) in [6.07, 6.45) is 0. The van der Waals surface area contributed by atoms with Gasteiger partial charge in [-0.2, -0.15) is 5.10 Å². The Bertz CT molecular complexity index is 1310. The highest BCUT2D eigenvalue weighted by atomic mass is 32.2. The van der Waals surface area contributed by atoms with Gasteiger partial charge in [0.1, 0.15) is 0 Å². The molecule has 4 aromatic rings. The number of anilines is 2. The van der Waals surface area contributed by atoms with E-state index in [1.54, 1.807) is 16.5 Å². The SMILES string of the molecule is CC(=O)N(c1nc(CSc2nnc(-n3nc(C)cc3C)n2N)cs1)c1c(C)cc(C)cc1C. The van der Waals surface area contributed by atoms with Crippen LogP contribution in [0.15, 0.2) is 28.7 Å². The molecule has 0 aliphatic heterocycles. The van der Waals surface area contributed by atoms with Crippen molar-refractivity contribution < 1.29 is 4.79 Å². The zero-order valence-electron chi connectivity index (χ0n) is 19.4. The normalized spacial score (nSPS) is 11.2. The van der Waals surface area contributed by atoms with E-state index in [1.165, 1.54) is 33.3 Å². The van der Waals surface area contributed by atoms with Crippen LogP contribution in [-0.2, 0) is 10.5 Å². The molecule has 0 spiro atoms. The molecule has 0 fully saturated rings. The van der Waals surface area contributed by atoms with Crippen LogP contribution in [0.5, 0.6) is 0 Å². The highest BCUT2D eigenvalue weighted by molar-refractivity contribution is 7.98. The molecular formula is C22H26N8OS2. The number of benzene rings is 1. The van der Waals surface area contributed by atoms with Crippen LogP contribution in [0.25, 0.3) is 5.95 Å². The largest absolute Gasteiger partial charge is 0.334 e. The highest BCUT2D eigenvalue weighted by Gasteiger charge is 2.22. The molecule has 0 radical (unpaired) electrons. The van der Waals surface area contributed by atoms with E-state index in [2.05, 4.69) is 34.4 Å². The summed E-state index contributed by atoms with van der Waals surface area (Å²) in [5, 5.41) is 16.0. The predicted octanol–water partition coefficient (Wildman–Crippen LogP) is 4.15. The van der Waals surface area contributed by atoms with Crippen molar-refractivity contribution in [1.29, 1.82) is 0 Å². The van der Waals surface area contributed by atoms with Crippen molar-refractivity contribution in [2.24, 2.45) is 0 Å². The molecule has 0 aliphatic rings. The molecule has 4 rings (SSSR count). The third-order valence-corrected chi connectivity index (χ3v) is 6.95. The summed E-state index contributed by atoms with van der Waals surface area (Å²) in [7, 11) is 0. The average Bonchev–Trinajstić information content (AvgIpc) is 3.41. The number of rotatable bonds is 6. The van der Waals surface area contributed by atoms with Crippen LogP contribution in [-0.4, -0.2) is 35.5 Å². The highest BCUT2D eigenvalue weighted by Crippen LogP contribution is 2.35. The number of carbonyl (C=O) groups excluding carboxylic acids is 1. The van der Waals surface area contributed by atoms with E-state index < -0.39 is 0 Å². The first-order valence-corrected chi connectivity index (χ1v) is 12.2. The molecule has 9 nitrogen and oxygen atoms in total. The molecule has 11 heteroatoms. The molecule has 3 heterocycles. The molecule has 172 valence electrons. The van der Waals surface area contributed by atoms with Crippen LogP contribution >= 0.6 is 23.1 Å². The fourth-order valence-corrected chi connectivity index (χ4v) is 5.58. The smallest absolute Gasteiger partial charge is 0.271 e. The molecule has 0 unspecified atom stereocenters. The van der Waals surface area contributed by atoms with Gasteiger partial charge in [-0.05, 0) is 51.8 Å². The van der Waals surface area contributed by atoms with Crippen molar-refractivity contribution in [2.75, 3.05) is 10.7 Å². The third kappa shape index (κ3) is 4.51. The number of hydrogen-bond donors (Lipinski definition) is 1. The van der Waals surface area contributed by atoms with Gasteiger partial charge in [0.05, 0.1) is 17.1 Å². The number of amides is 1. The zero-order chi connectivity index (χ0) is 23.9. The molecule has 0 saturated carbocycles. The van der Waals surface area contributed by atoms with Gasteiger partial charge >= 0.3 is 0 Å². The van der Waals surface area contributed by atoms with E-state index >= 15 is 0 Å². The van der Waals surface area contributed by atoms with Gasteiger partial charge in [0.25, 0.3) is 5.95 Å². The maximum Gasteiger partial charge on any atom is 0.271 e. The van der Waals surface area contributed by atoms with Crippen LogP contribution in [0.2, 0.25) is 0 Å². The Labute approximate surface area is 200 Å². The third-order valence-electron chi connectivity index (χ3n) is 5.10. The second-order valence-electron chi connectivity index (χ2n) is 8.00. The molecule has 1 amide bonds. The molecule has 0 atom stereocenters. The van der Waals surface area contributed by atoms with Gasteiger partial charge in [-0.15, -0.1) is 21.5 Å². The molecule has 0 aliphatic carbocycles. The molecule has 2 N–H and O–H groups in total. The number of thioether (sulfide) groups is 1.